The minimum Gasteiger partial charge on any atom is -0.399 e. The Morgan fingerprint density at radius 3 is 2.60 bits per heavy atom. The summed E-state index contributed by atoms with van der Waals surface area (Å²) in [5.74, 6) is 0. The third kappa shape index (κ3) is 2.86. The summed E-state index contributed by atoms with van der Waals surface area (Å²) in [5, 5.41) is 3.14. The second-order valence-corrected chi connectivity index (χ2v) is 5.66. The fraction of sp³-hybridized carbons (Fsp3) is 0.438. The molecule has 0 radical (unpaired) electrons. The van der Waals surface area contributed by atoms with Gasteiger partial charge in [-0.05, 0) is 31.9 Å². The van der Waals surface area contributed by atoms with Crippen molar-refractivity contribution in [2.75, 3.05) is 12.3 Å². The lowest BCUT2D eigenvalue weighted by Gasteiger charge is -2.29. The molecule has 0 spiro atoms. The second-order valence-electron chi connectivity index (χ2n) is 4.80. The van der Waals surface area contributed by atoms with Gasteiger partial charge in [-0.2, -0.15) is 0 Å². The number of nitrogens with zero attached hydrogens (tertiary/aromatic N) is 1. The first-order valence-electron chi connectivity index (χ1n) is 7.11. The molecule has 2 aromatic rings. The van der Waals surface area contributed by atoms with Gasteiger partial charge in [-0.3, -0.25) is 0 Å². The number of anilines is 1. The monoisotopic (exact) mass is 290 g/mol. The Kier molecular flexibility index (Phi) is 4.78. The number of ether oxygens (including phenoxy) is 1. The van der Waals surface area contributed by atoms with Crippen LogP contribution < -0.4 is 5.73 Å². The number of hydrogen-bond acceptors (Lipinski definition) is 4. The molecule has 0 aliphatic heterocycles. The van der Waals surface area contributed by atoms with E-state index in [4.69, 9.17) is 15.5 Å². The molecule has 108 valence electrons. The van der Waals surface area contributed by atoms with Crippen LogP contribution in [0, 0.1) is 0 Å². The van der Waals surface area contributed by atoms with E-state index in [0.29, 0.717) is 6.61 Å². The normalized spacial score (nSPS) is 11.8. The highest BCUT2D eigenvalue weighted by atomic mass is 32.1. The van der Waals surface area contributed by atoms with Gasteiger partial charge in [0.05, 0.1) is 5.69 Å². The third-order valence-corrected chi connectivity index (χ3v) is 4.67. The molecule has 1 heterocycles. The number of thiazole rings is 1. The number of aromatic nitrogens is 1. The maximum atomic E-state index is 6.01. The number of rotatable bonds is 6. The van der Waals surface area contributed by atoms with Crippen molar-refractivity contribution in [3.05, 3.63) is 34.7 Å². The molecule has 0 amide bonds. The number of nitrogen functional groups attached to an aromatic ring is 1. The van der Waals surface area contributed by atoms with E-state index in [1.165, 1.54) is 0 Å². The SMILES string of the molecule is CCOC(CC)(CC)c1nc(-c2cccc(N)c2)cs1. The molecule has 0 bridgehead atoms. The van der Waals surface area contributed by atoms with E-state index in [2.05, 4.69) is 19.2 Å². The molecule has 0 aliphatic carbocycles. The number of hydrogen-bond donors (Lipinski definition) is 1. The summed E-state index contributed by atoms with van der Waals surface area (Å²) in [5.41, 5.74) is 8.39. The van der Waals surface area contributed by atoms with Gasteiger partial charge in [-0.15, -0.1) is 11.3 Å². The van der Waals surface area contributed by atoms with Crippen LogP contribution in [0.25, 0.3) is 11.3 Å². The highest BCUT2D eigenvalue weighted by Gasteiger charge is 2.32. The third-order valence-electron chi connectivity index (χ3n) is 3.64. The van der Waals surface area contributed by atoms with Crippen LogP contribution in [0.1, 0.15) is 38.6 Å². The van der Waals surface area contributed by atoms with Gasteiger partial charge in [0.25, 0.3) is 0 Å². The summed E-state index contributed by atoms with van der Waals surface area (Å²) in [6.45, 7) is 7.04. The Morgan fingerprint density at radius 1 is 1.25 bits per heavy atom. The van der Waals surface area contributed by atoms with Crippen LogP contribution in [-0.2, 0) is 10.3 Å². The van der Waals surface area contributed by atoms with Gasteiger partial charge in [-0.25, -0.2) is 4.98 Å². The molecule has 1 aromatic carbocycles. The van der Waals surface area contributed by atoms with Gasteiger partial charge < -0.3 is 10.5 Å². The van der Waals surface area contributed by atoms with Gasteiger partial charge in [0.1, 0.15) is 10.6 Å². The number of nitrogens with two attached hydrogens (primary N) is 1. The summed E-state index contributed by atoms with van der Waals surface area (Å²) in [6.07, 6.45) is 1.86. The summed E-state index contributed by atoms with van der Waals surface area (Å²) < 4.78 is 6.01. The van der Waals surface area contributed by atoms with Crippen molar-refractivity contribution in [3.8, 4) is 11.3 Å². The Labute approximate surface area is 124 Å². The predicted molar refractivity (Wildman–Crippen MR) is 85.8 cm³/mol. The van der Waals surface area contributed by atoms with Crippen molar-refractivity contribution in [1.82, 2.24) is 4.98 Å². The zero-order valence-corrected chi connectivity index (χ0v) is 13.2. The molecule has 0 fully saturated rings. The largest absolute Gasteiger partial charge is 0.399 e. The van der Waals surface area contributed by atoms with Gasteiger partial charge >= 0.3 is 0 Å². The average Bonchev–Trinajstić information content (AvgIpc) is 2.95. The van der Waals surface area contributed by atoms with Crippen LogP contribution in [0.3, 0.4) is 0 Å². The predicted octanol–water partition coefficient (Wildman–Crippen LogP) is 4.44. The Morgan fingerprint density at radius 2 is 2.00 bits per heavy atom. The fourth-order valence-corrected chi connectivity index (χ4v) is 3.53. The molecule has 0 saturated heterocycles. The zero-order valence-electron chi connectivity index (χ0n) is 12.3. The summed E-state index contributed by atoms with van der Waals surface area (Å²) in [6, 6.07) is 7.84. The summed E-state index contributed by atoms with van der Waals surface area (Å²) >= 11 is 1.67. The topological polar surface area (TPSA) is 48.1 Å². The minimum atomic E-state index is -0.252. The molecule has 0 unspecified atom stereocenters. The fourth-order valence-electron chi connectivity index (χ4n) is 2.41. The standard InChI is InChI=1S/C16H22N2OS/c1-4-16(5-2,19-6-3)15-18-14(11-20-15)12-8-7-9-13(17)10-12/h7-11H,4-6,17H2,1-3H3. The molecule has 0 saturated carbocycles. The average molecular weight is 290 g/mol. The van der Waals surface area contributed by atoms with Crippen LogP contribution in [0.2, 0.25) is 0 Å². The van der Waals surface area contributed by atoms with Crippen LogP contribution in [0.4, 0.5) is 5.69 Å². The first-order chi connectivity index (χ1) is 9.65. The molecule has 1 aromatic heterocycles. The van der Waals surface area contributed by atoms with E-state index < -0.39 is 0 Å². The Balaban J connectivity index is 2.36. The lowest BCUT2D eigenvalue weighted by Crippen LogP contribution is -2.28. The first kappa shape index (κ1) is 15.0. The lowest BCUT2D eigenvalue weighted by molar-refractivity contribution is -0.0505. The van der Waals surface area contributed by atoms with E-state index in [1.807, 2.05) is 31.2 Å². The second kappa shape index (κ2) is 6.37. The minimum absolute atomic E-state index is 0.252. The van der Waals surface area contributed by atoms with Gasteiger partial charge in [0.15, 0.2) is 0 Å². The van der Waals surface area contributed by atoms with Crippen LogP contribution in [-0.4, -0.2) is 11.6 Å². The first-order valence-corrected chi connectivity index (χ1v) is 7.99. The van der Waals surface area contributed by atoms with E-state index in [0.717, 1.165) is 34.8 Å². The van der Waals surface area contributed by atoms with Crippen molar-refractivity contribution in [2.45, 2.75) is 39.2 Å². The highest BCUT2D eigenvalue weighted by molar-refractivity contribution is 7.10. The van der Waals surface area contributed by atoms with E-state index >= 15 is 0 Å². The molecule has 0 atom stereocenters. The molecule has 3 nitrogen and oxygen atoms in total. The van der Waals surface area contributed by atoms with Gasteiger partial charge in [0.2, 0.25) is 0 Å². The van der Waals surface area contributed by atoms with E-state index in [1.54, 1.807) is 11.3 Å². The van der Waals surface area contributed by atoms with Crippen molar-refractivity contribution in [1.29, 1.82) is 0 Å². The quantitative estimate of drug-likeness (QED) is 0.800. The van der Waals surface area contributed by atoms with Crippen molar-refractivity contribution < 1.29 is 4.74 Å². The van der Waals surface area contributed by atoms with Gasteiger partial charge in [-0.1, -0.05) is 26.0 Å². The number of benzene rings is 1. The molecule has 2 rings (SSSR count). The maximum Gasteiger partial charge on any atom is 0.125 e. The van der Waals surface area contributed by atoms with Crippen LogP contribution in [0.15, 0.2) is 29.6 Å². The summed E-state index contributed by atoms with van der Waals surface area (Å²) in [7, 11) is 0. The molecular weight excluding hydrogens is 268 g/mol. The summed E-state index contributed by atoms with van der Waals surface area (Å²) in [4.78, 5) is 4.79. The van der Waals surface area contributed by atoms with Crippen LogP contribution in [0.5, 0.6) is 0 Å². The van der Waals surface area contributed by atoms with E-state index in [9.17, 15) is 0 Å². The Hall–Kier alpha value is -1.39. The molecule has 4 heteroatoms. The molecule has 0 aliphatic rings. The zero-order chi connectivity index (χ0) is 14.6. The van der Waals surface area contributed by atoms with Crippen molar-refractivity contribution in [3.63, 3.8) is 0 Å². The van der Waals surface area contributed by atoms with Crippen molar-refractivity contribution >= 4 is 17.0 Å². The van der Waals surface area contributed by atoms with E-state index in [-0.39, 0.29) is 5.60 Å². The lowest BCUT2D eigenvalue weighted by atomic mass is 9.98. The van der Waals surface area contributed by atoms with Crippen LogP contribution >= 0.6 is 11.3 Å². The smallest absolute Gasteiger partial charge is 0.125 e. The van der Waals surface area contributed by atoms with Crippen molar-refractivity contribution in [2.24, 2.45) is 0 Å². The molecular formula is C16H22N2OS. The van der Waals surface area contributed by atoms with Gasteiger partial charge in [0, 0.05) is 23.2 Å². The maximum absolute atomic E-state index is 6.01. The molecule has 2 N–H and O–H groups in total. The Bertz CT molecular complexity index is 561. The highest BCUT2D eigenvalue weighted by Crippen LogP contribution is 2.37. The molecule has 20 heavy (non-hydrogen) atoms.